The molecule has 0 spiro atoms. The van der Waals surface area contributed by atoms with E-state index in [-0.39, 0.29) is 0 Å². The van der Waals surface area contributed by atoms with E-state index in [1.165, 1.54) is 12.4 Å². The van der Waals surface area contributed by atoms with Gasteiger partial charge in [0.05, 0.1) is 0 Å². The number of nitriles is 2. The molecule has 13 heavy (non-hydrogen) atoms. The predicted molar refractivity (Wildman–Crippen MR) is 49.5 cm³/mol. The van der Waals surface area contributed by atoms with E-state index in [4.69, 9.17) is 10.5 Å². The first-order valence-corrected chi connectivity index (χ1v) is 3.60. The van der Waals surface area contributed by atoms with E-state index in [9.17, 15) is 0 Å². The fourth-order valence-corrected chi connectivity index (χ4v) is 0.643. The van der Waals surface area contributed by atoms with Gasteiger partial charge in [-0.2, -0.15) is 10.5 Å². The molecular formula is C9H10N4. The van der Waals surface area contributed by atoms with Gasteiger partial charge >= 0.3 is 0 Å². The zero-order valence-electron chi connectivity index (χ0n) is 7.14. The van der Waals surface area contributed by atoms with Crippen molar-refractivity contribution >= 4 is 0 Å². The highest BCUT2D eigenvalue weighted by molar-refractivity contribution is 5.10. The molecule has 0 amide bonds. The molecular weight excluding hydrogens is 164 g/mol. The Hall–Kier alpha value is -2.20. The Morgan fingerprint density at radius 1 is 1.38 bits per heavy atom. The molecule has 0 bridgehead atoms. The fourth-order valence-electron chi connectivity index (χ4n) is 0.643. The normalized spacial score (nSPS) is 11.7. The lowest BCUT2D eigenvalue weighted by atomic mass is 10.4. The zero-order valence-corrected chi connectivity index (χ0v) is 7.14. The lowest BCUT2D eigenvalue weighted by Gasteiger charge is -2.13. The molecule has 0 aromatic heterocycles. The van der Waals surface area contributed by atoms with Gasteiger partial charge in [-0.1, -0.05) is 18.7 Å². The SMILES string of the molecule is C=CN1C=CC=CC1.N#CNC#N. The molecule has 0 atom stereocenters. The summed E-state index contributed by atoms with van der Waals surface area (Å²) >= 11 is 0. The maximum atomic E-state index is 7.48. The van der Waals surface area contributed by atoms with Gasteiger partial charge < -0.3 is 4.90 Å². The van der Waals surface area contributed by atoms with E-state index in [2.05, 4.69) is 12.7 Å². The van der Waals surface area contributed by atoms with Crippen LogP contribution in [0.15, 0.2) is 37.2 Å². The standard InChI is InChI=1S/C7H9N.C2HN3/c1-2-8-6-4-3-5-7-8;3-1-5-2-4/h2-6H,1,7H2;5H. The third-order valence-corrected chi connectivity index (χ3v) is 1.19. The topological polar surface area (TPSA) is 62.9 Å². The summed E-state index contributed by atoms with van der Waals surface area (Å²) in [5, 5.41) is 16.7. The van der Waals surface area contributed by atoms with E-state index in [0.29, 0.717) is 0 Å². The second kappa shape index (κ2) is 7.90. The molecule has 1 aliphatic rings. The maximum absolute atomic E-state index is 7.48. The molecule has 0 aromatic rings. The Kier molecular flexibility index (Phi) is 6.56. The first-order chi connectivity index (χ1) is 6.35. The lowest BCUT2D eigenvalue weighted by Crippen LogP contribution is -2.09. The van der Waals surface area contributed by atoms with Gasteiger partial charge in [0.15, 0.2) is 12.4 Å². The van der Waals surface area contributed by atoms with Crippen molar-refractivity contribution < 1.29 is 0 Å². The van der Waals surface area contributed by atoms with Crippen molar-refractivity contribution in [1.29, 1.82) is 10.5 Å². The fraction of sp³-hybridized carbons (Fsp3) is 0.111. The van der Waals surface area contributed by atoms with Crippen LogP contribution < -0.4 is 5.32 Å². The number of nitrogens with one attached hydrogen (secondary N) is 1. The molecule has 1 N–H and O–H groups in total. The highest BCUT2D eigenvalue weighted by atomic mass is 15.1. The molecule has 0 saturated carbocycles. The van der Waals surface area contributed by atoms with Gasteiger partial charge in [-0.05, 0) is 12.3 Å². The summed E-state index contributed by atoms with van der Waals surface area (Å²) in [6.45, 7) is 4.58. The van der Waals surface area contributed by atoms with Crippen molar-refractivity contribution in [2.45, 2.75) is 0 Å². The summed E-state index contributed by atoms with van der Waals surface area (Å²) in [4.78, 5) is 2.01. The Morgan fingerprint density at radius 3 is 2.31 bits per heavy atom. The van der Waals surface area contributed by atoms with Crippen molar-refractivity contribution in [2.24, 2.45) is 0 Å². The average molecular weight is 174 g/mol. The average Bonchev–Trinajstić information content (AvgIpc) is 2.21. The minimum atomic E-state index is 0.958. The van der Waals surface area contributed by atoms with Gasteiger partial charge in [-0.25, -0.2) is 5.32 Å². The largest absolute Gasteiger partial charge is 0.351 e. The maximum Gasteiger partial charge on any atom is 0.190 e. The van der Waals surface area contributed by atoms with Gasteiger partial charge in [0, 0.05) is 12.7 Å². The van der Waals surface area contributed by atoms with Crippen LogP contribution in [0.25, 0.3) is 0 Å². The summed E-state index contributed by atoms with van der Waals surface area (Å²) in [5.74, 6) is 0. The molecule has 0 aromatic carbocycles. The minimum absolute atomic E-state index is 0.958. The Balaban J connectivity index is 0.000000252. The molecule has 0 saturated heterocycles. The van der Waals surface area contributed by atoms with E-state index in [1.54, 1.807) is 11.5 Å². The van der Waals surface area contributed by atoms with Gasteiger partial charge in [0.25, 0.3) is 0 Å². The highest BCUT2D eigenvalue weighted by Gasteiger charge is 1.89. The summed E-state index contributed by atoms with van der Waals surface area (Å²) in [7, 11) is 0. The van der Waals surface area contributed by atoms with E-state index < -0.39 is 0 Å². The molecule has 0 aliphatic carbocycles. The number of hydrogen-bond donors (Lipinski definition) is 1. The van der Waals surface area contributed by atoms with E-state index in [1.807, 2.05) is 23.3 Å². The van der Waals surface area contributed by atoms with Gasteiger partial charge in [0.2, 0.25) is 0 Å². The van der Waals surface area contributed by atoms with Gasteiger partial charge in [0.1, 0.15) is 0 Å². The molecule has 0 fully saturated rings. The molecule has 4 heteroatoms. The second-order valence-electron chi connectivity index (χ2n) is 2.00. The van der Waals surface area contributed by atoms with Crippen molar-refractivity contribution in [2.75, 3.05) is 6.54 Å². The van der Waals surface area contributed by atoms with E-state index in [0.717, 1.165) is 6.54 Å². The van der Waals surface area contributed by atoms with Crippen LogP contribution in [0.5, 0.6) is 0 Å². The van der Waals surface area contributed by atoms with Crippen molar-refractivity contribution in [1.82, 2.24) is 10.2 Å². The Morgan fingerprint density at radius 2 is 2.08 bits per heavy atom. The molecule has 1 heterocycles. The van der Waals surface area contributed by atoms with Gasteiger partial charge in [-0.15, -0.1) is 0 Å². The highest BCUT2D eigenvalue weighted by Crippen LogP contribution is 1.96. The molecule has 0 unspecified atom stereocenters. The first kappa shape index (κ1) is 10.8. The van der Waals surface area contributed by atoms with Crippen LogP contribution in [0.2, 0.25) is 0 Å². The molecule has 1 aliphatic heterocycles. The number of nitrogens with zero attached hydrogens (tertiary/aromatic N) is 3. The third kappa shape index (κ3) is 6.21. The van der Waals surface area contributed by atoms with Crippen LogP contribution in [-0.2, 0) is 0 Å². The van der Waals surface area contributed by atoms with Crippen LogP contribution in [0.1, 0.15) is 0 Å². The van der Waals surface area contributed by atoms with Crippen LogP contribution in [0, 0.1) is 22.9 Å². The van der Waals surface area contributed by atoms with Crippen molar-refractivity contribution in [3.63, 3.8) is 0 Å². The Bertz CT molecular complexity index is 265. The smallest absolute Gasteiger partial charge is 0.190 e. The van der Waals surface area contributed by atoms with E-state index >= 15 is 0 Å². The summed E-state index contributed by atoms with van der Waals surface area (Å²) in [6.07, 6.45) is 12.7. The number of allylic oxidation sites excluding steroid dienone is 2. The summed E-state index contributed by atoms with van der Waals surface area (Å²) in [5.41, 5.74) is 0. The van der Waals surface area contributed by atoms with Crippen LogP contribution in [0.3, 0.4) is 0 Å². The summed E-state index contributed by atoms with van der Waals surface area (Å²) in [6, 6.07) is 0. The van der Waals surface area contributed by atoms with Crippen LogP contribution in [0.4, 0.5) is 0 Å². The molecule has 0 radical (unpaired) electrons. The lowest BCUT2D eigenvalue weighted by molar-refractivity contribution is 0.562. The van der Waals surface area contributed by atoms with Crippen LogP contribution >= 0.6 is 0 Å². The zero-order chi connectivity index (χ0) is 9.94. The second-order valence-corrected chi connectivity index (χ2v) is 2.00. The summed E-state index contributed by atoms with van der Waals surface area (Å²) < 4.78 is 0. The molecule has 1 rings (SSSR count). The predicted octanol–water partition coefficient (Wildman–Crippen LogP) is 1.05. The monoisotopic (exact) mass is 174 g/mol. The Labute approximate surface area is 77.7 Å². The van der Waals surface area contributed by atoms with Crippen molar-refractivity contribution in [3.8, 4) is 12.4 Å². The van der Waals surface area contributed by atoms with Crippen LogP contribution in [-0.4, -0.2) is 11.4 Å². The van der Waals surface area contributed by atoms with Gasteiger partial charge in [-0.3, -0.25) is 0 Å². The molecule has 66 valence electrons. The molecule has 4 nitrogen and oxygen atoms in total. The minimum Gasteiger partial charge on any atom is -0.351 e. The number of hydrogen-bond acceptors (Lipinski definition) is 4. The third-order valence-electron chi connectivity index (χ3n) is 1.19. The number of rotatable bonds is 1. The quantitative estimate of drug-likeness (QED) is 0.476. The van der Waals surface area contributed by atoms with Crippen molar-refractivity contribution in [3.05, 3.63) is 37.2 Å². The first-order valence-electron chi connectivity index (χ1n) is 3.60.